The van der Waals surface area contributed by atoms with Gasteiger partial charge < -0.3 is 4.74 Å². The molecule has 0 aromatic heterocycles. The Kier molecular flexibility index (Phi) is 8.91. The van der Waals surface area contributed by atoms with Crippen LogP contribution in [0.4, 0.5) is 0 Å². The van der Waals surface area contributed by atoms with Crippen LogP contribution in [-0.4, -0.2) is 12.1 Å². The van der Waals surface area contributed by atoms with Crippen molar-refractivity contribution in [2.45, 2.75) is 26.9 Å². The van der Waals surface area contributed by atoms with Crippen LogP contribution in [0.15, 0.2) is 64.2 Å². The maximum atomic E-state index is 12.2. The zero-order chi connectivity index (χ0) is 22.4. The highest BCUT2D eigenvalue weighted by Crippen LogP contribution is 2.29. The molecule has 3 aromatic carbocycles. The first-order valence-electron chi connectivity index (χ1n) is 9.56. The highest BCUT2D eigenvalue weighted by atomic mass is 127. The third-order valence-corrected chi connectivity index (χ3v) is 6.79. The van der Waals surface area contributed by atoms with Crippen LogP contribution >= 0.6 is 61.1 Å². The van der Waals surface area contributed by atoms with E-state index in [1.807, 2.05) is 61.5 Å². The molecule has 7 heteroatoms. The zero-order valence-electron chi connectivity index (χ0n) is 17.1. The van der Waals surface area contributed by atoms with Crippen LogP contribution in [0.1, 0.15) is 27.8 Å². The van der Waals surface area contributed by atoms with E-state index in [-0.39, 0.29) is 5.91 Å². The van der Waals surface area contributed by atoms with E-state index in [1.54, 1.807) is 6.21 Å². The molecule has 3 rings (SSSR count). The van der Waals surface area contributed by atoms with E-state index < -0.39 is 0 Å². The Hall–Kier alpha value is -1.46. The number of nitrogens with one attached hydrogen (secondary N) is 1. The fraction of sp³-hybridized carbons (Fsp3) is 0.167. The quantitative estimate of drug-likeness (QED) is 0.173. The van der Waals surface area contributed by atoms with Crippen LogP contribution in [0.5, 0.6) is 5.75 Å². The maximum absolute atomic E-state index is 12.2. The lowest BCUT2D eigenvalue weighted by Gasteiger charge is -2.11. The van der Waals surface area contributed by atoms with Crippen molar-refractivity contribution in [3.63, 3.8) is 0 Å². The SMILES string of the molecule is Cc1ccc(CC(=O)NN=Cc2cc(I)c(OCc3ccc(Br)cc3)c(I)c2)cc1C. The van der Waals surface area contributed by atoms with E-state index in [0.717, 1.165) is 34.1 Å². The Labute approximate surface area is 218 Å². The predicted octanol–water partition coefficient (Wildman–Crippen LogP) is 6.55. The molecule has 0 unspecified atom stereocenters. The van der Waals surface area contributed by atoms with Gasteiger partial charge in [0.15, 0.2) is 0 Å². The molecule has 160 valence electrons. The molecule has 0 aliphatic rings. The minimum absolute atomic E-state index is 0.140. The minimum atomic E-state index is -0.140. The zero-order valence-corrected chi connectivity index (χ0v) is 23.0. The van der Waals surface area contributed by atoms with Gasteiger partial charge >= 0.3 is 0 Å². The molecule has 0 aliphatic carbocycles. The van der Waals surface area contributed by atoms with Gasteiger partial charge in [0.25, 0.3) is 0 Å². The van der Waals surface area contributed by atoms with E-state index in [9.17, 15) is 4.79 Å². The van der Waals surface area contributed by atoms with E-state index in [4.69, 9.17) is 4.74 Å². The van der Waals surface area contributed by atoms with Gasteiger partial charge in [0.1, 0.15) is 12.4 Å². The second-order valence-corrected chi connectivity index (χ2v) is 10.4. The number of nitrogens with zero attached hydrogens (tertiary/aromatic N) is 1. The minimum Gasteiger partial charge on any atom is -0.487 e. The Morgan fingerprint density at radius 1 is 1.00 bits per heavy atom. The Balaban J connectivity index is 1.58. The number of hydrogen-bond acceptors (Lipinski definition) is 3. The van der Waals surface area contributed by atoms with Crippen LogP contribution in [0.3, 0.4) is 0 Å². The van der Waals surface area contributed by atoms with Gasteiger partial charge in [0, 0.05) is 4.47 Å². The van der Waals surface area contributed by atoms with Crippen LogP contribution in [0, 0.1) is 21.0 Å². The van der Waals surface area contributed by atoms with Crippen molar-refractivity contribution in [2.75, 3.05) is 0 Å². The standard InChI is InChI=1S/C24H21BrI2N2O2/c1-15-3-4-18(9-16(15)2)12-23(30)29-28-13-19-10-21(26)24(22(27)11-19)31-14-17-5-7-20(25)8-6-17/h3-11,13H,12,14H2,1-2H3,(H,29,30). The molecule has 0 spiro atoms. The van der Waals surface area contributed by atoms with E-state index in [1.165, 1.54) is 11.1 Å². The van der Waals surface area contributed by atoms with Crippen LogP contribution in [0.25, 0.3) is 0 Å². The molecule has 3 aromatic rings. The first-order valence-corrected chi connectivity index (χ1v) is 12.5. The first kappa shape index (κ1) is 24.2. The molecule has 1 N–H and O–H groups in total. The highest BCUT2D eigenvalue weighted by molar-refractivity contribution is 14.1. The summed E-state index contributed by atoms with van der Waals surface area (Å²) >= 11 is 7.96. The smallest absolute Gasteiger partial charge is 0.244 e. The Bertz CT molecular complexity index is 1090. The number of carbonyl (C=O) groups excluding carboxylic acids is 1. The number of halogens is 3. The van der Waals surface area contributed by atoms with Crippen molar-refractivity contribution in [1.82, 2.24) is 5.43 Å². The van der Waals surface area contributed by atoms with Crippen molar-refractivity contribution in [1.29, 1.82) is 0 Å². The summed E-state index contributed by atoms with van der Waals surface area (Å²) in [5, 5.41) is 4.11. The maximum Gasteiger partial charge on any atom is 0.244 e. The lowest BCUT2D eigenvalue weighted by molar-refractivity contribution is -0.120. The van der Waals surface area contributed by atoms with Crippen molar-refractivity contribution in [3.05, 3.63) is 94.0 Å². The number of amides is 1. The summed E-state index contributed by atoms with van der Waals surface area (Å²) in [4.78, 5) is 12.2. The van der Waals surface area contributed by atoms with Gasteiger partial charge in [-0.3, -0.25) is 4.79 Å². The number of benzene rings is 3. The van der Waals surface area contributed by atoms with Crippen LogP contribution in [0.2, 0.25) is 0 Å². The van der Waals surface area contributed by atoms with Gasteiger partial charge in [-0.1, -0.05) is 46.3 Å². The van der Waals surface area contributed by atoms with Crippen LogP contribution in [-0.2, 0) is 17.8 Å². The number of rotatable bonds is 7. The Morgan fingerprint density at radius 2 is 1.65 bits per heavy atom. The molecule has 31 heavy (non-hydrogen) atoms. The van der Waals surface area contributed by atoms with Gasteiger partial charge in [-0.2, -0.15) is 5.10 Å². The summed E-state index contributed by atoms with van der Waals surface area (Å²) in [5.74, 6) is 0.707. The highest BCUT2D eigenvalue weighted by Gasteiger charge is 2.09. The van der Waals surface area contributed by atoms with Crippen LogP contribution < -0.4 is 10.2 Å². The van der Waals surface area contributed by atoms with Gasteiger partial charge in [0.2, 0.25) is 5.91 Å². The third-order valence-electron chi connectivity index (χ3n) is 4.66. The summed E-state index contributed by atoms with van der Waals surface area (Å²) in [7, 11) is 0. The van der Waals surface area contributed by atoms with Crippen molar-refractivity contribution in [3.8, 4) is 5.75 Å². The lowest BCUT2D eigenvalue weighted by Crippen LogP contribution is -2.19. The summed E-state index contributed by atoms with van der Waals surface area (Å²) in [6.45, 7) is 4.61. The second kappa shape index (κ2) is 11.4. The molecule has 0 fully saturated rings. The third kappa shape index (κ3) is 7.28. The molecule has 0 saturated carbocycles. The monoisotopic (exact) mass is 702 g/mol. The number of ether oxygens (including phenoxy) is 1. The average molecular weight is 703 g/mol. The topological polar surface area (TPSA) is 50.7 Å². The molecule has 0 bridgehead atoms. The molecule has 1 amide bonds. The number of hydrazone groups is 1. The molecular weight excluding hydrogens is 682 g/mol. The molecule has 0 atom stereocenters. The average Bonchev–Trinajstić information content (AvgIpc) is 2.71. The lowest BCUT2D eigenvalue weighted by atomic mass is 10.0. The van der Waals surface area contributed by atoms with E-state index >= 15 is 0 Å². The Morgan fingerprint density at radius 3 is 2.29 bits per heavy atom. The van der Waals surface area contributed by atoms with Gasteiger partial charge in [-0.15, -0.1) is 0 Å². The molecule has 0 heterocycles. The molecule has 0 radical (unpaired) electrons. The molecular formula is C24H21BrI2N2O2. The van der Waals surface area contributed by atoms with Gasteiger partial charge in [0.05, 0.1) is 19.8 Å². The molecule has 4 nitrogen and oxygen atoms in total. The molecule has 0 saturated heterocycles. The first-order chi connectivity index (χ1) is 14.8. The summed E-state index contributed by atoms with van der Waals surface area (Å²) in [6, 6.07) is 18.1. The van der Waals surface area contributed by atoms with Gasteiger partial charge in [-0.05, 0) is 111 Å². The molecule has 0 aliphatic heterocycles. The predicted molar refractivity (Wildman–Crippen MR) is 146 cm³/mol. The second-order valence-electron chi connectivity index (χ2n) is 7.12. The van der Waals surface area contributed by atoms with Crippen molar-refractivity contribution < 1.29 is 9.53 Å². The summed E-state index contributed by atoms with van der Waals surface area (Å²) in [6.07, 6.45) is 1.96. The number of carbonyl (C=O) groups is 1. The summed E-state index contributed by atoms with van der Waals surface area (Å²) < 4.78 is 9.06. The normalized spacial score (nSPS) is 11.0. The number of hydrogen-bond donors (Lipinski definition) is 1. The van der Waals surface area contributed by atoms with E-state index in [2.05, 4.69) is 78.6 Å². The fourth-order valence-electron chi connectivity index (χ4n) is 2.85. The number of aryl methyl sites for hydroxylation is 2. The van der Waals surface area contributed by atoms with Gasteiger partial charge in [-0.25, -0.2) is 5.43 Å². The van der Waals surface area contributed by atoms with Crippen molar-refractivity contribution in [2.24, 2.45) is 5.10 Å². The fourth-order valence-corrected chi connectivity index (χ4v) is 5.24. The van der Waals surface area contributed by atoms with Crippen molar-refractivity contribution >= 4 is 73.2 Å². The van der Waals surface area contributed by atoms with E-state index in [0.29, 0.717) is 13.0 Å². The summed E-state index contributed by atoms with van der Waals surface area (Å²) in [5.41, 5.74) is 7.99. The largest absolute Gasteiger partial charge is 0.487 e.